The van der Waals surface area contributed by atoms with Crippen LogP contribution in [0.15, 0.2) is 42.0 Å². The fraction of sp³-hybridized carbons (Fsp3) is 0.200. The fourth-order valence-electron chi connectivity index (χ4n) is 3.03. The van der Waals surface area contributed by atoms with Gasteiger partial charge < -0.3 is 10.3 Å². The van der Waals surface area contributed by atoms with Gasteiger partial charge in [0.15, 0.2) is 0 Å². The number of benzene rings is 2. The highest BCUT2D eigenvalue weighted by molar-refractivity contribution is 6.34. The number of aryl methyl sites for hydroxylation is 1. The van der Waals surface area contributed by atoms with Crippen LogP contribution < -0.4 is 0 Å². The van der Waals surface area contributed by atoms with E-state index in [0.29, 0.717) is 34.7 Å². The zero-order valence-corrected chi connectivity index (χ0v) is 14.9. The van der Waals surface area contributed by atoms with Crippen LogP contribution in [0, 0.1) is 24.0 Å². The molecule has 0 bridgehead atoms. The van der Waals surface area contributed by atoms with Crippen LogP contribution in [0.1, 0.15) is 27.9 Å². The van der Waals surface area contributed by atoms with E-state index in [1.54, 1.807) is 23.1 Å². The van der Waals surface area contributed by atoms with Crippen LogP contribution in [0.25, 0.3) is 6.08 Å². The SMILES string of the molecule is Cc1cccc(Cl)c1C(=O)N1CC/C(=C\c2cc(F)cc(F)c2)C(=N)C1. The molecule has 1 amide bonds. The summed E-state index contributed by atoms with van der Waals surface area (Å²) in [5, 5.41) is 8.60. The van der Waals surface area contributed by atoms with Crippen LogP contribution in [0.3, 0.4) is 0 Å². The number of likely N-dealkylation sites (tertiary alicyclic amines) is 1. The number of halogens is 3. The Labute approximate surface area is 155 Å². The van der Waals surface area contributed by atoms with Gasteiger partial charge in [-0.05, 0) is 54.3 Å². The summed E-state index contributed by atoms with van der Waals surface area (Å²) in [4.78, 5) is 14.3. The number of carbonyl (C=O) groups is 1. The maximum atomic E-state index is 13.3. The van der Waals surface area contributed by atoms with Gasteiger partial charge in [0.05, 0.1) is 22.8 Å². The number of hydrogen-bond acceptors (Lipinski definition) is 2. The second-order valence-electron chi connectivity index (χ2n) is 6.26. The summed E-state index contributed by atoms with van der Waals surface area (Å²) in [6, 6.07) is 8.51. The predicted octanol–water partition coefficient (Wildman–Crippen LogP) is 4.88. The Morgan fingerprint density at radius 2 is 1.92 bits per heavy atom. The molecule has 0 spiro atoms. The summed E-state index contributed by atoms with van der Waals surface area (Å²) < 4.78 is 26.6. The lowest BCUT2D eigenvalue weighted by Crippen LogP contribution is -2.41. The molecule has 0 atom stereocenters. The number of hydrogen-bond donors (Lipinski definition) is 1. The van der Waals surface area contributed by atoms with Gasteiger partial charge in [0, 0.05) is 12.6 Å². The molecule has 0 saturated carbocycles. The van der Waals surface area contributed by atoms with Gasteiger partial charge in [0.25, 0.3) is 5.91 Å². The van der Waals surface area contributed by atoms with Crippen LogP contribution in [-0.4, -0.2) is 29.6 Å². The number of piperidine rings is 1. The summed E-state index contributed by atoms with van der Waals surface area (Å²) in [7, 11) is 0. The molecule has 1 heterocycles. The van der Waals surface area contributed by atoms with Crippen molar-refractivity contribution in [1.29, 1.82) is 5.41 Å². The van der Waals surface area contributed by atoms with E-state index in [9.17, 15) is 13.6 Å². The Morgan fingerprint density at radius 1 is 1.23 bits per heavy atom. The maximum Gasteiger partial charge on any atom is 0.256 e. The summed E-state index contributed by atoms with van der Waals surface area (Å²) in [5.41, 5.74) is 2.50. The van der Waals surface area contributed by atoms with Crippen molar-refractivity contribution in [3.05, 3.63) is 75.3 Å². The summed E-state index contributed by atoms with van der Waals surface area (Å²) >= 11 is 6.16. The van der Waals surface area contributed by atoms with Crippen molar-refractivity contribution in [2.45, 2.75) is 13.3 Å². The molecule has 6 heteroatoms. The lowest BCUT2D eigenvalue weighted by molar-refractivity contribution is 0.0775. The largest absolute Gasteiger partial charge is 0.332 e. The van der Waals surface area contributed by atoms with E-state index in [4.69, 9.17) is 17.0 Å². The van der Waals surface area contributed by atoms with Gasteiger partial charge in [-0.15, -0.1) is 0 Å². The monoisotopic (exact) mass is 374 g/mol. The van der Waals surface area contributed by atoms with Crippen molar-refractivity contribution in [3.8, 4) is 0 Å². The molecule has 1 N–H and O–H groups in total. The Kier molecular flexibility index (Phi) is 5.18. The van der Waals surface area contributed by atoms with E-state index in [1.165, 1.54) is 12.1 Å². The van der Waals surface area contributed by atoms with Crippen LogP contribution >= 0.6 is 11.6 Å². The first-order valence-electron chi connectivity index (χ1n) is 8.14. The molecule has 1 aliphatic rings. The van der Waals surface area contributed by atoms with E-state index >= 15 is 0 Å². The van der Waals surface area contributed by atoms with E-state index in [2.05, 4.69) is 0 Å². The van der Waals surface area contributed by atoms with Crippen molar-refractivity contribution in [2.75, 3.05) is 13.1 Å². The Balaban J connectivity index is 1.79. The third-order valence-electron chi connectivity index (χ3n) is 4.34. The van der Waals surface area contributed by atoms with Gasteiger partial charge >= 0.3 is 0 Å². The van der Waals surface area contributed by atoms with Crippen molar-refractivity contribution in [3.63, 3.8) is 0 Å². The van der Waals surface area contributed by atoms with Crippen molar-refractivity contribution < 1.29 is 13.6 Å². The molecule has 3 rings (SSSR count). The normalized spacial score (nSPS) is 16.2. The summed E-state index contributed by atoms with van der Waals surface area (Å²) in [6.07, 6.45) is 2.03. The number of rotatable bonds is 2. The van der Waals surface area contributed by atoms with Gasteiger partial charge in [-0.3, -0.25) is 4.79 Å². The molecule has 26 heavy (non-hydrogen) atoms. The Morgan fingerprint density at radius 3 is 2.54 bits per heavy atom. The van der Waals surface area contributed by atoms with Gasteiger partial charge in [-0.25, -0.2) is 8.78 Å². The van der Waals surface area contributed by atoms with Crippen molar-refractivity contribution >= 4 is 29.3 Å². The average molecular weight is 375 g/mol. The number of carbonyl (C=O) groups excluding carboxylic acids is 1. The molecule has 1 fully saturated rings. The molecule has 0 aliphatic carbocycles. The third-order valence-corrected chi connectivity index (χ3v) is 4.65. The minimum atomic E-state index is -0.662. The highest BCUT2D eigenvalue weighted by Gasteiger charge is 2.26. The molecule has 134 valence electrons. The lowest BCUT2D eigenvalue weighted by Gasteiger charge is -2.30. The average Bonchev–Trinajstić information content (AvgIpc) is 2.55. The molecule has 1 aliphatic heterocycles. The zero-order valence-electron chi connectivity index (χ0n) is 14.2. The van der Waals surface area contributed by atoms with Crippen molar-refractivity contribution in [1.82, 2.24) is 4.90 Å². The first-order valence-corrected chi connectivity index (χ1v) is 8.52. The van der Waals surface area contributed by atoms with Crippen LogP contribution in [0.5, 0.6) is 0 Å². The quantitative estimate of drug-likeness (QED) is 0.800. The molecule has 3 nitrogen and oxygen atoms in total. The molecule has 2 aromatic rings. The molecule has 0 aromatic heterocycles. The molecular weight excluding hydrogens is 358 g/mol. The van der Waals surface area contributed by atoms with Gasteiger partial charge in [0.2, 0.25) is 0 Å². The van der Waals surface area contributed by atoms with Gasteiger partial charge in [-0.1, -0.05) is 23.7 Å². The molecular formula is C20H17ClF2N2O. The Hall–Kier alpha value is -2.53. The molecule has 2 aromatic carbocycles. The van der Waals surface area contributed by atoms with Gasteiger partial charge in [-0.2, -0.15) is 0 Å². The highest BCUT2D eigenvalue weighted by atomic mass is 35.5. The number of nitrogens with zero attached hydrogens (tertiary/aromatic N) is 1. The predicted molar refractivity (Wildman–Crippen MR) is 98.8 cm³/mol. The second-order valence-corrected chi connectivity index (χ2v) is 6.67. The second kappa shape index (κ2) is 7.38. The van der Waals surface area contributed by atoms with Crippen LogP contribution in [-0.2, 0) is 0 Å². The Bertz CT molecular complexity index is 884. The molecule has 1 saturated heterocycles. The van der Waals surface area contributed by atoms with E-state index in [0.717, 1.165) is 11.6 Å². The first-order chi connectivity index (χ1) is 12.3. The third kappa shape index (κ3) is 3.83. The maximum absolute atomic E-state index is 13.3. The number of amides is 1. The van der Waals surface area contributed by atoms with E-state index in [1.807, 2.05) is 13.0 Å². The lowest BCUT2D eigenvalue weighted by atomic mass is 9.97. The summed E-state index contributed by atoms with van der Waals surface area (Å²) in [6.45, 7) is 2.36. The molecule has 0 unspecified atom stereocenters. The van der Waals surface area contributed by atoms with E-state index in [-0.39, 0.29) is 18.2 Å². The zero-order chi connectivity index (χ0) is 18.8. The van der Waals surface area contributed by atoms with E-state index < -0.39 is 11.6 Å². The molecule has 0 radical (unpaired) electrons. The van der Waals surface area contributed by atoms with Crippen LogP contribution in [0.2, 0.25) is 5.02 Å². The minimum absolute atomic E-state index is 0.132. The number of nitrogens with one attached hydrogen (secondary N) is 1. The standard InChI is InChI=1S/C20H17ClF2N2O/c1-12-3-2-4-17(21)19(12)20(26)25-6-5-14(18(24)11-25)7-13-8-15(22)10-16(23)9-13/h2-4,7-10,24H,5-6,11H2,1H3/b14-7+,24-18?. The van der Waals surface area contributed by atoms with Crippen molar-refractivity contribution in [2.24, 2.45) is 0 Å². The first kappa shape index (κ1) is 18.3. The summed E-state index contributed by atoms with van der Waals surface area (Å²) in [5.74, 6) is -1.54. The van der Waals surface area contributed by atoms with Gasteiger partial charge in [0.1, 0.15) is 11.6 Å². The van der Waals surface area contributed by atoms with Crippen LogP contribution in [0.4, 0.5) is 8.78 Å². The minimum Gasteiger partial charge on any atom is -0.332 e. The highest BCUT2D eigenvalue weighted by Crippen LogP contribution is 2.24. The fourth-order valence-corrected chi connectivity index (χ4v) is 3.33. The smallest absolute Gasteiger partial charge is 0.256 e. The topological polar surface area (TPSA) is 44.2 Å².